The van der Waals surface area contributed by atoms with Crippen LogP contribution in [0, 0.1) is 20.8 Å². The van der Waals surface area contributed by atoms with Crippen molar-refractivity contribution in [2.24, 2.45) is 0 Å². The maximum absolute atomic E-state index is 6.77. The highest BCUT2D eigenvalue weighted by atomic mass is 16.5. The van der Waals surface area contributed by atoms with E-state index < -0.39 is 5.41 Å². The van der Waals surface area contributed by atoms with Crippen molar-refractivity contribution < 1.29 is 4.74 Å². The molecule has 0 fully saturated rings. The van der Waals surface area contributed by atoms with Crippen LogP contribution < -0.4 is 4.74 Å². The first-order valence-electron chi connectivity index (χ1n) is 20.2. The molecule has 0 bridgehead atoms. The van der Waals surface area contributed by atoms with E-state index >= 15 is 0 Å². The minimum absolute atomic E-state index is 0.623. The van der Waals surface area contributed by atoms with Crippen LogP contribution in [-0.2, 0) is 5.41 Å². The fourth-order valence-corrected chi connectivity index (χ4v) is 9.34. The molecule has 1 aliphatic heterocycles. The van der Waals surface area contributed by atoms with Gasteiger partial charge in [0.15, 0.2) is 5.82 Å². The monoisotopic (exact) mass is 757 g/mol. The zero-order valence-corrected chi connectivity index (χ0v) is 33.1. The second kappa shape index (κ2) is 13.6. The molecule has 1 unspecified atom stereocenters. The van der Waals surface area contributed by atoms with E-state index in [0.29, 0.717) is 5.82 Å². The van der Waals surface area contributed by atoms with Crippen molar-refractivity contribution in [3.63, 3.8) is 0 Å². The molecule has 1 atom stereocenters. The summed E-state index contributed by atoms with van der Waals surface area (Å²) in [6.45, 7) is 6.21. The van der Waals surface area contributed by atoms with E-state index in [1.807, 2.05) is 26.1 Å². The number of rotatable bonds is 5. The molecule has 2 aliphatic rings. The average molecular weight is 758 g/mol. The summed E-state index contributed by atoms with van der Waals surface area (Å²) in [7, 11) is 0. The van der Waals surface area contributed by atoms with Gasteiger partial charge in [-0.3, -0.25) is 4.98 Å². The topological polar surface area (TPSA) is 47.9 Å². The number of nitrogens with zero attached hydrogens (tertiary/aromatic N) is 3. The normalized spacial score (nSPS) is 14.6. The average Bonchev–Trinajstić information content (AvgIpc) is 3.57. The van der Waals surface area contributed by atoms with Gasteiger partial charge in [0.25, 0.3) is 0 Å². The number of ether oxygens (including phenoxy) is 1. The van der Waals surface area contributed by atoms with E-state index in [9.17, 15) is 0 Å². The lowest BCUT2D eigenvalue weighted by molar-refractivity contribution is 0.436. The second-order valence-electron chi connectivity index (χ2n) is 15.7. The van der Waals surface area contributed by atoms with Crippen LogP contribution >= 0.6 is 0 Å². The van der Waals surface area contributed by atoms with Gasteiger partial charge in [-0.2, -0.15) is 0 Å². The van der Waals surface area contributed by atoms with E-state index in [1.54, 1.807) is 0 Å². The largest absolute Gasteiger partial charge is 0.457 e. The summed E-state index contributed by atoms with van der Waals surface area (Å²) in [5.41, 5.74) is 19.6. The van der Waals surface area contributed by atoms with Gasteiger partial charge in [0.05, 0.1) is 11.1 Å². The predicted octanol–water partition coefficient (Wildman–Crippen LogP) is 13.6. The number of pyridine rings is 1. The first-order chi connectivity index (χ1) is 28.9. The SMILES string of the molecule is Cc1cc(-c2ccc(-c3ccc4c(c3)-c3ccccc3C43c4ccccc4Oc4ccc(-c5nc(C)cc(-c6cccc(-c7ccccc7)c6)n5)cc43)cc2)c(C)cn1. The van der Waals surface area contributed by atoms with Crippen LogP contribution in [0.2, 0.25) is 0 Å². The van der Waals surface area contributed by atoms with Gasteiger partial charge >= 0.3 is 0 Å². The number of aryl methyl sites for hydroxylation is 3. The van der Waals surface area contributed by atoms with Gasteiger partial charge in [-0.25, -0.2) is 9.97 Å². The molecule has 0 amide bonds. The van der Waals surface area contributed by atoms with E-state index in [2.05, 4.69) is 182 Å². The first kappa shape index (κ1) is 34.8. The highest BCUT2D eigenvalue weighted by Gasteiger charge is 2.51. The lowest BCUT2D eigenvalue weighted by atomic mass is 9.66. The Morgan fingerprint density at radius 1 is 0.390 bits per heavy atom. The molecule has 1 aliphatic carbocycles. The maximum Gasteiger partial charge on any atom is 0.160 e. The molecule has 280 valence electrons. The van der Waals surface area contributed by atoms with Crippen LogP contribution in [-0.4, -0.2) is 15.0 Å². The smallest absolute Gasteiger partial charge is 0.160 e. The fourth-order valence-electron chi connectivity index (χ4n) is 9.34. The molecule has 7 aromatic carbocycles. The van der Waals surface area contributed by atoms with E-state index in [1.165, 1.54) is 55.6 Å². The Bertz CT molecular complexity index is 3110. The van der Waals surface area contributed by atoms with Gasteiger partial charge in [-0.1, -0.05) is 127 Å². The molecule has 0 radical (unpaired) electrons. The third kappa shape index (κ3) is 5.63. The Morgan fingerprint density at radius 3 is 1.90 bits per heavy atom. The zero-order chi connectivity index (χ0) is 39.7. The molecule has 11 rings (SSSR count). The predicted molar refractivity (Wildman–Crippen MR) is 239 cm³/mol. The van der Waals surface area contributed by atoms with Crippen molar-refractivity contribution in [3.8, 4) is 78.7 Å². The Kier molecular flexibility index (Phi) is 8.02. The van der Waals surface area contributed by atoms with Gasteiger partial charge in [0.1, 0.15) is 11.5 Å². The summed E-state index contributed by atoms with van der Waals surface area (Å²) < 4.78 is 6.77. The standard InChI is InChI=1S/C55H39N3O/c1-34-33-56-35(2)28-45(34)39-22-20-38(21-23-39)41-24-26-48-46(31-41)44-16-7-8-17-47(44)55(48)49-18-9-10-19-52(49)59-53-27-25-43(32-50(53)55)54-57-36(3)29-51(58-54)42-15-11-14-40(30-42)37-12-5-4-6-13-37/h4-33H,1-3H3. The fraction of sp³-hybridized carbons (Fsp3) is 0.0727. The summed E-state index contributed by atoms with van der Waals surface area (Å²) in [4.78, 5) is 14.7. The van der Waals surface area contributed by atoms with Gasteiger partial charge in [-0.15, -0.1) is 0 Å². The third-order valence-corrected chi connectivity index (χ3v) is 12.1. The highest BCUT2D eigenvalue weighted by molar-refractivity contribution is 5.91. The Morgan fingerprint density at radius 2 is 1.03 bits per heavy atom. The summed E-state index contributed by atoms with van der Waals surface area (Å²) in [5, 5.41) is 0. The lowest BCUT2D eigenvalue weighted by Gasteiger charge is -2.39. The molecule has 2 aromatic heterocycles. The maximum atomic E-state index is 6.77. The quantitative estimate of drug-likeness (QED) is 0.175. The zero-order valence-electron chi connectivity index (χ0n) is 33.1. The van der Waals surface area contributed by atoms with E-state index in [0.717, 1.165) is 56.4 Å². The summed E-state index contributed by atoms with van der Waals surface area (Å²) >= 11 is 0. The number of fused-ring (bicyclic) bond motifs is 9. The molecule has 1 spiro atoms. The lowest BCUT2D eigenvalue weighted by Crippen LogP contribution is -2.32. The van der Waals surface area contributed by atoms with Crippen LogP contribution in [0.1, 0.15) is 39.2 Å². The van der Waals surface area contributed by atoms with Crippen molar-refractivity contribution >= 4 is 0 Å². The first-order valence-corrected chi connectivity index (χ1v) is 20.2. The molecule has 59 heavy (non-hydrogen) atoms. The van der Waals surface area contributed by atoms with Crippen LogP contribution in [0.3, 0.4) is 0 Å². The summed E-state index contributed by atoms with van der Waals surface area (Å²) in [6, 6.07) is 63.1. The third-order valence-electron chi connectivity index (χ3n) is 12.1. The van der Waals surface area contributed by atoms with Gasteiger partial charge < -0.3 is 4.74 Å². The number of benzene rings is 7. The van der Waals surface area contributed by atoms with Crippen LogP contribution in [0.15, 0.2) is 182 Å². The molecule has 0 saturated carbocycles. The summed E-state index contributed by atoms with van der Waals surface area (Å²) in [6.07, 6.45) is 1.96. The molecular weight excluding hydrogens is 719 g/mol. The van der Waals surface area contributed by atoms with Gasteiger partial charge in [-0.05, 0) is 131 Å². The molecule has 4 heteroatoms. The molecule has 9 aromatic rings. The number of aromatic nitrogens is 3. The van der Waals surface area contributed by atoms with Crippen molar-refractivity contribution in [3.05, 3.63) is 221 Å². The number of para-hydroxylation sites is 1. The second-order valence-corrected chi connectivity index (χ2v) is 15.7. The van der Waals surface area contributed by atoms with Crippen molar-refractivity contribution in [2.45, 2.75) is 26.2 Å². The van der Waals surface area contributed by atoms with Crippen molar-refractivity contribution in [2.75, 3.05) is 0 Å². The van der Waals surface area contributed by atoms with E-state index in [-0.39, 0.29) is 0 Å². The molecule has 0 N–H and O–H groups in total. The van der Waals surface area contributed by atoms with Crippen LogP contribution in [0.25, 0.3) is 67.2 Å². The summed E-state index contributed by atoms with van der Waals surface area (Å²) in [5.74, 6) is 2.38. The highest BCUT2D eigenvalue weighted by Crippen LogP contribution is 2.62. The number of hydrogen-bond donors (Lipinski definition) is 0. The van der Waals surface area contributed by atoms with E-state index in [4.69, 9.17) is 14.7 Å². The molecule has 4 nitrogen and oxygen atoms in total. The minimum Gasteiger partial charge on any atom is -0.457 e. The molecular formula is C55H39N3O. The van der Waals surface area contributed by atoms with Gasteiger partial charge in [0, 0.05) is 39.8 Å². The van der Waals surface area contributed by atoms with Crippen LogP contribution in [0.4, 0.5) is 0 Å². The van der Waals surface area contributed by atoms with Gasteiger partial charge in [0.2, 0.25) is 0 Å². The molecule has 3 heterocycles. The Labute approximate surface area is 344 Å². The number of hydrogen-bond acceptors (Lipinski definition) is 4. The van der Waals surface area contributed by atoms with Crippen LogP contribution in [0.5, 0.6) is 11.5 Å². The minimum atomic E-state index is -0.623. The Hall–Kier alpha value is -7.43. The molecule has 0 saturated heterocycles. The van der Waals surface area contributed by atoms with Crippen molar-refractivity contribution in [1.82, 2.24) is 15.0 Å². The Balaban J connectivity index is 1.06. The van der Waals surface area contributed by atoms with Crippen molar-refractivity contribution in [1.29, 1.82) is 0 Å².